The molecule has 8 nitrogen and oxygen atoms in total. The molecule has 2 N–H and O–H groups in total. The maximum Gasteiger partial charge on any atom is 0.377 e. The van der Waals surface area contributed by atoms with Crippen LogP contribution in [-0.2, 0) is 14.5 Å². The lowest BCUT2D eigenvalue weighted by Crippen LogP contribution is -2.53. The average Bonchev–Trinajstić information content (AvgIpc) is 2.23. The third-order valence-electron chi connectivity index (χ3n) is 1.38. The largest absolute Gasteiger partial charge is 0.377 e. The fraction of sp³-hybridized carbons (Fsp3) is 0.833. The quantitative estimate of drug-likeness (QED) is 0.373. The SMILES string of the molecule is CCN(N)C(=O)N(OC)N(OC)OC. The van der Waals surface area contributed by atoms with Crippen molar-refractivity contribution in [2.75, 3.05) is 27.9 Å². The number of hydrogen-bond donors (Lipinski definition) is 1. The molecular weight excluding hydrogens is 192 g/mol. The van der Waals surface area contributed by atoms with Gasteiger partial charge in [0.05, 0.1) is 26.7 Å². The normalized spacial score (nSPS) is 10.4. The highest BCUT2D eigenvalue weighted by atomic mass is 17.0. The summed E-state index contributed by atoms with van der Waals surface area (Å²) >= 11 is 0. The third-order valence-corrected chi connectivity index (χ3v) is 1.38. The molecule has 0 fully saturated rings. The summed E-state index contributed by atoms with van der Waals surface area (Å²) in [6, 6.07) is -0.612. The van der Waals surface area contributed by atoms with Gasteiger partial charge in [-0.25, -0.2) is 10.6 Å². The van der Waals surface area contributed by atoms with Crippen LogP contribution in [0.2, 0.25) is 0 Å². The number of nitrogens with zero attached hydrogens (tertiary/aromatic N) is 3. The van der Waals surface area contributed by atoms with E-state index in [9.17, 15) is 4.79 Å². The van der Waals surface area contributed by atoms with E-state index in [1.807, 2.05) is 0 Å². The summed E-state index contributed by atoms with van der Waals surface area (Å²) in [5.41, 5.74) is 0. The lowest BCUT2D eigenvalue weighted by Gasteiger charge is -2.29. The first-order chi connectivity index (χ1) is 6.62. The van der Waals surface area contributed by atoms with Crippen LogP contribution < -0.4 is 5.84 Å². The van der Waals surface area contributed by atoms with Gasteiger partial charge >= 0.3 is 6.03 Å². The average molecular weight is 208 g/mol. The molecule has 0 spiro atoms. The topological polar surface area (TPSA) is 80.5 Å². The van der Waals surface area contributed by atoms with Crippen LogP contribution in [-0.4, -0.2) is 49.4 Å². The molecule has 0 atom stereocenters. The summed E-state index contributed by atoms with van der Waals surface area (Å²) in [7, 11) is 3.91. The number of urea groups is 1. The lowest BCUT2D eigenvalue weighted by molar-refractivity contribution is -0.493. The van der Waals surface area contributed by atoms with E-state index in [4.69, 9.17) is 10.7 Å². The number of carbonyl (C=O) groups is 1. The first-order valence-electron chi connectivity index (χ1n) is 3.91. The highest BCUT2D eigenvalue weighted by Gasteiger charge is 2.25. The van der Waals surface area contributed by atoms with E-state index < -0.39 is 6.03 Å². The van der Waals surface area contributed by atoms with E-state index in [2.05, 4.69) is 9.68 Å². The summed E-state index contributed by atoms with van der Waals surface area (Å²) in [4.78, 5) is 25.5. The van der Waals surface area contributed by atoms with E-state index in [1.54, 1.807) is 6.92 Å². The zero-order valence-corrected chi connectivity index (χ0v) is 8.76. The molecule has 0 aliphatic carbocycles. The molecular formula is C6H16N4O4. The minimum Gasteiger partial charge on any atom is -0.260 e. The van der Waals surface area contributed by atoms with Crippen LogP contribution in [0.3, 0.4) is 0 Å². The Hall–Kier alpha value is -0.930. The van der Waals surface area contributed by atoms with E-state index in [-0.39, 0.29) is 0 Å². The molecule has 2 amide bonds. The summed E-state index contributed by atoms with van der Waals surface area (Å²) in [6.45, 7) is 2.05. The molecule has 0 heterocycles. The van der Waals surface area contributed by atoms with Crippen molar-refractivity contribution in [1.29, 1.82) is 0 Å². The predicted molar refractivity (Wildman–Crippen MR) is 46.7 cm³/mol. The summed E-state index contributed by atoms with van der Waals surface area (Å²) in [5, 5.41) is 2.41. The van der Waals surface area contributed by atoms with Crippen LogP contribution in [0.4, 0.5) is 4.79 Å². The molecule has 0 bridgehead atoms. The molecule has 0 saturated heterocycles. The van der Waals surface area contributed by atoms with Crippen molar-refractivity contribution in [2.45, 2.75) is 6.92 Å². The van der Waals surface area contributed by atoms with Crippen molar-refractivity contribution in [3.63, 3.8) is 0 Å². The monoisotopic (exact) mass is 208 g/mol. The molecule has 84 valence electrons. The zero-order valence-electron chi connectivity index (χ0n) is 8.76. The van der Waals surface area contributed by atoms with Crippen molar-refractivity contribution in [2.24, 2.45) is 5.84 Å². The van der Waals surface area contributed by atoms with Gasteiger partial charge in [0.25, 0.3) is 0 Å². The number of hydroxylamine groups is 1. The number of nitrogens with two attached hydrogens (primary N) is 1. The lowest BCUT2D eigenvalue weighted by atomic mass is 10.7. The van der Waals surface area contributed by atoms with Crippen molar-refractivity contribution in [1.82, 2.24) is 15.5 Å². The Morgan fingerprint density at radius 3 is 2.00 bits per heavy atom. The fourth-order valence-electron chi connectivity index (χ4n) is 0.683. The molecule has 0 aliphatic heterocycles. The van der Waals surface area contributed by atoms with Crippen LogP contribution >= 0.6 is 0 Å². The van der Waals surface area contributed by atoms with Crippen LogP contribution in [0.25, 0.3) is 0 Å². The highest BCUT2D eigenvalue weighted by Crippen LogP contribution is 2.02. The molecule has 0 rings (SSSR count). The minimum atomic E-state index is -0.612. The van der Waals surface area contributed by atoms with Gasteiger partial charge < -0.3 is 0 Å². The maximum absolute atomic E-state index is 11.5. The van der Waals surface area contributed by atoms with Crippen molar-refractivity contribution < 1.29 is 19.3 Å². The van der Waals surface area contributed by atoms with Crippen molar-refractivity contribution >= 4 is 6.03 Å². The molecule has 0 unspecified atom stereocenters. The molecule has 0 aromatic heterocycles. The Morgan fingerprint density at radius 2 is 1.71 bits per heavy atom. The van der Waals surface area contributed by atoms with Gasteiger partial charge in [-0.05, 0) is 6.92 Å². The van der Waals surface area contributed by atoms with Gasteiger partial charge in [-0.1, -0.05) is 5.17 Å². The van der Waals surface area contributed by atoms with Gasteiger partial charge in [0, 0.05) is 6.54 Å². The minimum absolute atomic E-state index is 0.333. The van der Waals surface area contributed by atoms with Gasteiger partial charge in [-0.15, -0.1) is 0 Å². The highest BCUT2D eigenvalue weighted by molar-refractivity contribution is 5.71. The van der Waals surface area contributed by atoms with Gasteiger partial charge in [0.15, 0.2) is 0 Å². The van der Waals surface area contributed by atoms with Gasteiger partial charge in [-0.2, -0.15) is 0 Å². The molecule has 0 saturated carbocycles. The molecule has 0 aromatic rings. The van der Waals surface area contributed by atoms with Crippen LogP contribution in [0.1, 0.15) is 6.92 Å². The van der Waals surface area contributed by atoms with E-state index in [1.165, 1.54) is 21.3 Å². The maximum atomic E-state index is 11.5. The number of carbonyl (C=O) groups excluding carboxylic acids is 1. The van der Waals surface area contributed by atoms with Crippen LogP contribution in [0, 0.1) is 0 Å². The van der Waals surface area contributed by atoms with E-state index >= 15 is 0 Å². The van der Waals surface area contributed by atoms with Crippen LogP contribution in [0.5, 0.6) is 0 Å². The van der Waals surface area contributed by atoms with Crippen molar-refractivity contribution in [3.8, 4) is 0 Å². The zero-order chi connectivity index (χ0) is 11.1. The Kier molecular flexibility index (Phi) is 6.08. The van der Waals surface area contributed by atoms with Gasteiger partial charge in [-0.3, -0.25) is 19.5 Å². The Morgan fingerprint density at radius 1 is 1.21 bits per heavy atom. The Labute approximate surface area is 82.5 Å². The van der Waals surface area contributed by atoms with Crippen molar-refractivity contribution in [3.05, 3.63) is 0 Å². The van der Waals surface area contributed by atoms with Crippen LogP contribution in [0.15, 0.2) is 0 Å². The second-order valence-corrected chi connectivity index (χ2v) is 2.13. The fourth-order valence-corrected chi connectivity index (χ4v) is 0.683. The molecule has 0 radical (unpaired) electrons. The number of hydrazine groups is 2. The van der Waals surface area contributed by atoms with E-state index in [0.717, 1.165) is 15.5 Å². The number of hydrogen-bond acceptors (Lipinski definition) is 6. The standard InChI is InChI=1S/C6H16N4O4/c1-5-8(7)6(11)9(12-2)10(13-3)14-4/h5,7H2,1-4H3. The number of rotatable bonds is 5. The predicted octanol–water partition coefficient (Wildman–Crippen LogP) is -0.495. The molecule has 0 aromatic carbocycles. The number of amides is 2. The molecule has 14 heavy (non-hydrogen) atoms. The molecule has 0 aliphatic rings. The third kappa shape index (κ3) is 3.09. The second kappa shape index (κ2) is 6.51. The smallest absolute Gasteiger partial charge is 0.260 e. The second-order valence-electron chi connectivity index (χ2n) is 2.13. The first kappa shape index (κ1) is 13.1. The Balaban J connectivity index is 4.45. The van der Waals surface area contributed by atoms with E-state index in [0.29, 0.717) is 6.54 Å². The first-order valence-corrected chi connectivity index (χ1v) is 3.91. The summed E-state index contributed by atoms with van der Waals surface area (Å²) in [5.74, 6) is 5.36. The van der Waals surface area contributed by atoms with Gasteiger partial charge in [0.1, 0.15) is 0 Å². The summed E-state index contributed by atoms with van der Waals surface area (Å²) < 4.78 is 0. The Bertz CT molecular complexity index is 175. The van der Waals surface area contributed by atoms with Gasteiger partial charge in [0.2, 0.25) is 0 Å². The molecule has 8 heteroatoms. The summed E-state index contributed by atoms with van der Waals surface area (Å²) in [6.07, 6.45) is 0.